The predicted octanol–water partition coefficient (Wildman–Crippen LogP) is 3.61. The number of rotatable bonds is 5. The second-order valence-corrected chi connectivity index (χ2v) is 8.55. The van der Waals surface area contributed by atoms with Crippen molar-refractivity contribution in [2.24, 2.45) is 5.92 Å². The van der Waals surface area contributed by atoms with Crippen LogP contribution in [0.1, 0.15) is 22.6 Å². The van der Waals surface area contributed by atoms with Gasteiger partial charge in [-0.25, -0.2) is 4.98 Å². The van der Waals surface area contributed by atoms with Crippen LogP contribution in [0, 0.1) is 12.8 Å². The molecular weight excluding hydrogens is 370 g/mol. The van der Waals surface area contributed by atoms with E-state index in [1.54, 1.807) is 28.2 Å². The van der Waals surface area contributed by atoms with Gasteiger partial charge in [0.05, 0.1) is 22.7 Å². The minimum absolute atomic E-state index is 0.0130. The van der Waals surface area contributed by atoms with Crippen LogP contribution in [0.3, 0.4) is 0 Å². The van der Waals surface area contributed by atoms with Crippen molar-refractivity contribution in [2.45, 2.75) is 26.4 Å². The molecule has 2 aromatic carbocycles. The van der Waals surface area contributed by atoms with Crippen LogP contribution < -0.4 is 0 Å². The molecule has 0 saturated carbocycles. The van der Waals surface area contributed by atoms with Crippen LogP contribution in [0.5, 0.6) is 0 Å². The molecule has 5 nitrogen and oxygen atoms in total. The minimum Gasteiger partial charge on any atom is -0.339 e. The summed E-state index contributed by atoms with van der Waals surface area (Å²) < 4.78 is 1.12. The van der Waals surface area contributed by atoms with E-state index in [0.29, 0.717) is 19.6 Å². The third kappa shape index (κ3) is 3.92. The maximum Gasteiger partial charge on any atom is 0.228 e. The highest BCUT2D eigenvalue weighted by molar-refractivity contribution is 7.18. The zero-order valence-corrected chi connectivity index (χ0v) is 16.9. The fourth-order valence-corrected chi connectivity index (χ4v) is 4.61. The van der Waals surface area contributed by atoms with E-state index in [1.807, 2.05) is 55.5 Å². The van der Waals surface area contributed by atoms with E-state index >= 15 is 0 Å². The van der Waals surface area contributed by atoms with Crippen molar-refractivity contribution in [3.63, 3.8) is 0 Å². The van der Waals surface area contributed by atoms with Gasteiger partial charge in [-0.3, -0.25) is 9.59 Å². The maximum atomic E-state index is 12.9. The van der Waals surface area contributed by atoms with Crippen molar-refractivity contribution in [3.8, 4) is 0 Å². The van der Waals surface area contributed by atoms with Crippen LogP contribution in [0.15, 0.2) is 48.5 Å². The van der Waals surface area contributed by atoms with Crippen molar-refractivity contribution < 1.29 is 9.59 Å². The Morgan fingerprint density at radius 3 is 2.71 bits per heavy atom. The van der Waals surface area contributed by atoms with Gasteiger partial charge in [-0.15, -0.1) is 11.3 Å². The van der Waals surface area contributed by atoms with E-state index in [9.17, 15) is 9.59 Å². The summed E-state index contributed by atoms with van der Waals surface area (Å²) in [4.78, 5) is 33.4. The number of para-hydroxylation sites is 1. The monoisotopic (exact) mass is 393 g/mol. The van der Waals surface area contributed by atoms with Crippen LogP contribution >= 0.6 is 11.3 Å². The Hall–Kier alpha value is -2.73. The SMILES string of the molecule is Cc1ccc(CN2CC(C(=O)N(C)Cc3nc4ccccc4s3)CC2=O)cc1. The lowest BCUT2D eigenvalue weighted by Crippen LogP contribution is -2.34. The van der Waals surface area contributed by atoms with Gasteiger partial charge in [0.25, 0.3) is 0 Å². The van der Waals surface area contributed by atoms with Gasteiger partial charge in [-0.2, -0.15) is 0 Å². The number of benzene rings is 2. The summed E-state index contributed by atoms with van der Waals surface area (Å²) in [5.74, 6) is -0.219. The Balaban J connectivity index is 1.38. The molecule has 0 aliphatic carbocycles. The van der Waals surface area contributed by atoms with E-state index in [0.717, 1.165) is 20.8 Å². The average molecular weight is 394 g/mol. The topological polar surface area (TPSA) is 53.5 Å². The van der Waals surface area contributed by atoms with Crippen molar-refractivity contribution in [2.75, 3.05) is 13.6 Å². The molecule has 0 N–H and O–H groups in total. The number of carbonyl (C=O) groups excluding carboxylic acids is 2. The van der Waals surface area contributed by atoms with E-state index in [4.69, 9.17) is 0 Å². The van der Waals surface area contributed by atoms with Crippen LogP contribution in [-0.2, 0) is 22.7 Å². The molecule has 1 atom stereocenters. The highest BCUT2D eigenvalue weighted by atomic mass is 32.1. The summed E-state index contributed by atoms with van der Waals surface area (Å²) in [5, 5.41) is 0.915. The lowest BCUT2D eigenvalue weighted by molar-refractivity contribution is -0.135. The Labute approximate surface area is 168 Å². The lowest BCUT2D eigenvalue weighted by Gasteiger charge is -2.20. The predicted molar refractivity (Wildman–Crippen MR) is 111 cm³/mol. The van der Waals surface area contributed by atoms with Crippen LogP contribution in [0.25, 0.3) is 10.2 Å². The molecule has 1 aromatic heterocycles. The first-order chi connectivity index (χ1) is 13.5. The average Bonchev–Trinajstić information content (AvgIpc) is 3.25. The molecule has 1 fully saturated rings. The highest BCUT2D eigenvalue weighted by Crippen LogP contribution is 2.25. The van der Waals surface area contributed by atoms with Gasteiger partial charge >= 0.3 is 0 Å². The molecule has 28 heavy (non-hydrogen) atoms. The third-order valence-electron chi connectivity index (χ3n) is 5.14. The summed E-state index contributed by atoms with van der Waals surface area (Å²) in [7, 11) is 1.79. The number of aromatic nitrogens is 1. The number of carbonyl (C=O) groups is 2. The molecule has 0 bridgehead atoms. The summed E-state index contributed by atoms with van der Waals surface area (Å²) in [5.41, 5.74) is 3.25. The number of nitrogens with zero attached hydrogens (tertiary/aromatic N) is 3. The van der Waals surface area contributed by atoms with E-state index in [2.05, 4.69) is 4.98 Å². The maximum absolute atomic E-state index is 12.9. The number of likely N-dealkylation sites (tertiary alicyclic amines) is 1. The third-order valence-corrected chi connectivity index (χ3v) is 6.17. The number of aryl methyl sites for hydroxylation is 1. The van der Waals surface area contributed by atoms with E-state index < -0.39 is 0 Å². The zero-order chi connectivity index (χ0) is 19.7. The van der Waals surface area contributed by atoms with Crippen molar-refractivity contribution in [3.05, 3.63) is 64.7 Å². The fourth-order valence-electron chi connectivity index (χ4n) is 3.58. The lowest BCUT2D eigenvalue weighted by atomic mass is 10.1. The van der Waals surface area contributed by atoms with Crippen LogP contribution in [-0.4, -0.2) is 40.2 Å². The normalized spacial score (nSPS) is 16.7. The van der Waals surface area contributed by atoms with Gasteiger partial charge in [-0.05, 0) is 24.6 Å². The summed E-state index contributed by atoms with van der Waals surface area (Å²) in [6.07, 6.45) is 0.287. The molecule has 1 unspecified atom stereocenters. The van der Waals surface area contributed by atoms with Gasteiger partial charge in [0.15, 0.2) is 0 Å². The summed E-state index contributed by atoms with van der Waals surface area (Å²) in [6.45, 7) is 3.56. The molecule has 3 aromatic rings. The highest BCUT2D eigenvalue weighted by Gasteiger charge is 2.35. The molecule has 0 spiro atoms. The van der Waals surface area contributed by atoms with Gasteiger partial charge in [0.1, 0.15) is 5.01 Å². The summed E-state index contributed by atoms with van der Waals surface area (Å²) >= 11 is 1.61. The smallest absolute Gasteiger partial charge is 0.228 e. The van der Waals surface area contributed by atoms with Crippen LogP contribution in [0.2, 0.25) is 0 Å². The molecule has 0 radical (unpaired) electrons. The Morgan fingerprint density at radius 2 is 1.96 bits per heavy atom. The number of amides is 2. The first kappa shape index (κ1) is 18.6. The van der Waals surface area contributed by atoms with Crippen LogP contribution in [0.4, 0.5) is 0 Å². The molecule has 2 amide bonds. The molecule has 2 heterocycles. The van der Waals surface area contributed by atoms with Crippen molar-refractivity contribution in [1.82, 2.24) is 14.8 Å². The van der Waals surface area contributed by atoms with Crippen molar-refractivity contribution >= 4 is 33.4 Å². The number of fused-ring (bicyclic) bond motifs is 1. The molecule has 1 aliphatic heterocycles. The largest absolute Gasteiger partial charge is 0.339 e. The number of hydrogen-bond acceptors (Lipinski definition) is 4. The van der Waals surface area contributed by atoms with Crippen molar-refractivity contribution in [1.29, 1.82) is 0 Å². The Morgan fingerprint density at radius 1 is 1.21 bits per heavy atom. The second-order valence-electron chi connectivity index (χ2n) is 7.43. The first-order valence-electron chi connectivity index (χ1n) is 9.42. The van der Waals surface area contributed by atoms with E-state index in [1.165, 1.54) is 5.56 Å². The quantitative estimate of drug-likeness (QED) is 0.665. The molecule has 1 saturated heterocycles. The molecule has 1 aliphatic rings. The minimum atomic E-state index is -0.280. The van der Waals surface area contributed by atoms with Gasteiger partial charge in [-0.1, -0.05) is 42.0 Å². The summed E-state index contributed by atoms with van der Waals surface area (Å²) in [6, 6.07) is 16.1. The molecular formula is C22H23N3O2S. The van der Waals surface area contributed by atoms with E-state index in [-0.39, 0.29) is 24.2 Å². The number of hydrogen-bond donors (Lipinski definition) is 0. The van der Waals surface area contributed by atoms with Gasteiger partial charge < -0.3 is 9.80 Å². The molecule has 144 valence electrons. The zero-order valence-electron chi connectivity index (χ0n) is 16.1. The molecule has 4 rings (SSSR count). The molecule has 6 heteroatoms. The Bertz CT molecular complexity index is 979. The second kappa shape index (κ2) is 7.72. The standard InChI is InChI=1S/C22H23N3O2S/c1-15-7-9-16(10-8-15)12-25-13-17(11-21(25)26)22(27)24(2)14-20-23-18-5-3-4-6-19(18)28-20/h3-10,17H,11-14H2,1-2H3. The van der Waals surface area contributed by atoms with Gasteiger partial charge in [0.2, 0.25) is 11.8 Å². The van der Waals surface area contributed by atoms with Gasteiger partial charge in [0, 0.05) is 26.6 Å². The first-order valence-corrected chi connectivity index (χ1v) is 10.2. The fraction of sp³-hybridized carbons (Fsp3) is 0.318. The Kier molecular flexibility index (Phi) is 5.13. The number of thiazole rings is 1.